The molecule has 0 fully saturated rings. The molecule has 1 aliphatic carbocycles. The highest BCUT2D eigenvalue weighted by atomic mass is 32.2. The van der Waals surface area contributed by atoms with Crippen LogP contribution in [0.5, 0.6) is 0 Å². The van der Waals surface area contributed by atoms with Gasteiger partial charge in [0.25, 0.3) is 0 Å². The lowest BCUT2D eigenvalue weighted by Crippen LogP contribution is -2.23. The van der Waals surface area contributed by atoms with Gasteiger partial charge in [0.1, 0.15) is 18.2 Å². The van der Waals surface area contributed by atoms with Gasteiger partial charge in [-0.15, -0.1) is 0 Å². The summed E-state index contributed by atoms with van der Waals surface area (Å²) in [5.41, 5.74) is 2.77. The Morgan fingerprint density at radius 3 is 2.27 bits per heavy atom. The molecule has 1 atom stereocenters. The largest absolute Gasteiger partial charge is 0.460 e. The van der Waals surface area contributed by atoms with E-state index in [1.54, 1.807) is 52.1 Å². The van der Waals surface area contributed by atoms with E-state index in [1.807, 2.05) is 18.2 Å². The van der Waals surface area contributed by atoms with Gasteiger partial charge in [-0.05, 0) is 68.7 Å². The van der Waals surface area contributed by atoms with E-state index in [2.05, 4.69) is 0 Å². The normalized spacial score (nSPS) is 15.4. The van der Waals surface area contributed by atoms with E-state index in [9.17, 15) is 18.2 Å². The zero-order valence-electron chi connectivity index (χ0n) is 19.6. The number of halogens is 1. The van der Waals surface area contributed by atoms with Crippen molar-refractivity contribution in [2.45, 2.75) is 46.1 Å². The molecule has 0 N–H and O–H groups in total. The Hall–Kier alpha value is -3.06. The van der Waals surface area contributed by atoms with Crippen LogP contribution in [-0.4, -0.2) is 22.4 Å². The molecule has 3 rings (SSSR count). The molecule has 0 aromatic heterocycles. The second kappa shape index (κ2) is 9.43. The number of rotatable bonds is 5. The maximum atomic E-state index is 14.9. The highest BCUT2D eigenvalue weighted by Gasteiger charge is 2.32. The number of esters is 2. The standard InChI is InChI=1S/C26H27FO5S/c1-15-20(13-17-7-9-18(10-8-17)33(6)30)19-11-12-22(27)21(14-31-25(29)26(3,4)5)23(19)24(15)32-16(2)28/h7-13H,14H2,1-6H3. The first kappa shape index (κ1) is 24.6. The van der Waals surface area contributed by atoms with Crippen molar-refractivity contribution in [3.63, 3.8) is 0 Å². The quantitative estimate of drug-likeness (QED) is 0.540. The van der Waals surface area contributed by atoms with Crippen LogP contribution in [0.15, 0.2) is 46.9 Å². The molecular weight excluding hydrogens is 443 g/mol. The number of benzene rings is 2. The average Bonchev–Trinajstić information content (AvgIpc) is 2.98. The molecule has 0 aliphatic heterocycles. The zero-order chi connectivity index (χ0) is 24.5. The van der Waals surface area contributed by atoms with Crippen LogP contribution in [0.4, 0.5) is 4.39 Å². The SMILES string of the molecule is CC(=O)OC1=C(C)C(=Cc2ccc(S(C)=O)cc2)c2ccc(F)c(COC(=O)C(C)(C)C)c21. The smallest absolute Gasteiger partial charge is 0.311 e. The first-order chi connectivity index (χ1) is 15.4. The Morgan fingerprint density at radius 2 is 1.73 bits per heavy atom. The maximum Gasteiger partial charge on any atom is 0.311 e. The van der Waals surface area contributed by atoms with Gasteiger partial charge in [-0.3, -0.25) is 13.8 Å². The van der Waals surface area contributed by atoms with Crippen LogP contribution in [0.1, 0.15) is 56.9 Å². The third kappa shape index (κ3) is 5.30. The van der Waals surface area contributed by atoms with Gasteiger partial charge >= 0.3 is 11.9 Å². The predicted octanol–water partition coefficient (Wildman–Crippen LogP) is 5.50. The number of carbonyl (C=O) groups excluding carboxylic acids is 2. The number of hydrogen-bond donors (Lipinski definition) is 0. The van der Waals surface area contributed by atoms with Crippen LogP contribution in [0.2, 0.25) is 0 Å². The van der Waals surface area contributed by atoms with E-state index in [1.165, 1.54) is 13.0 Å². The van der Waals surface area contributed by atoms with Gasteiger partial charge in [-0.25, -0.2) is 4.39 Å². The van der Waals surface area contributed by atoms with Crippen molar-refractivity contribution in [3.05, 3.63) is 70.0 Å². The minimum absolute atomic E-state index is 0.154. The first-order valence-electron chi connectivity index (χ1n) is 10.4. The Morgan fingerprint density at radius 1 is 1.09 bits per heavy atom. The summed E-state index contributed by atoms with van der Waals surface area (Å²) in [4.78, 5) is 24.8. The fourth-order valence-electron chi connectivity index (χ4n) is 3.49. The molecular formula is C26H27FO5S. The molecule has 1 unspecified atom stereocenters. The molecule has 0 heterocycles. The molecule has 0 saturated heterocycles. The summed E-state index contributed by atoms with van der Waals surface area (Å²) in [7, 11) is -1.09. The van der Waals surface area contributed by atoms with Crippen molar-refractivity contribution in [1.29, 1.82) is 0 Å². The van der Waals surface area contributed by atoms with Crippen molar-refractivity contribution in [2.75, 3.05) is 6.26 Å². The van der Waals surface area contributed by atoms with Crippen molar-refractivity contribution in [3.8, 4) is 0 Å². The summed E-state index contributed by atoms with van der Waals surface area (Å²) < 4.78 is 37.4. The van der Waals surface area contributed by atoms with E-state index in [-0.39, 0.29) is 17.9 Å². The van der Waals surface area contributed by atoms with Crippen LogP contribution < -0.4 is 0 Å². The summed E-state index contributed by atoms with van der Waals surface area (Å²) >= 11 is 0. The van der Waals surface area contributed by atoms with Crippen LogP contribution in [0, 0.1) is 11.2 Å². The molecule has 5 nitrogen and oxygen atoms in total. The van der Waals surface area contributed by atoms with Crippen molar-refractivity contribution in [1.82, 2.24) is 0 Å². The molecule has 2 aromatic carbocycles. The maximum absolute atomic E-state index is 14.9. The van der Waals surface area contributed by atoms with Gasteiger partial charge in [0, 0.05) is 45.6 Å². The summed E-state index contributed by atoms with van der Waals surface area (Å²) in [5.74, 6) is -1.30. The molecule has 0 bridgehead atoms. The summed E-state index contributed by atoms with van der Waals surface area (Å²) in [5, 5.41) is 0. The molecule has 2 aromatic rings. The lowest BCUT2D eigenvalue weighted by molar-refractivity contribution is -0.154. The molecule has 1 aliphatic rings. The summed E-state index contributed by atoms with van der Waals surface area (Å²) in [6.45, 7) is 7.95. The molecule has 0 spiro atoms. The highest BCUT2D eigenvalue weighted by molar-refractivity contribution is 7.84. The minimum atomic E-state index is -1.09. The average molecular weight is 471 g/mol. The van der Waals surface area contributed by atoms with Gasteiger partial charge in [-0.1, -0.05) is 18.2 Å². The van der Waals surface area contributed by atoms with Crippen LogP contribution >= 0.6 is 0 Å². The number of ether oxygens (including phenoxy) is 2. The first-order valence-corrected chi connectivity index (χ1v) is 12.0. The number of hydrogen-bond acceptors (Lipinski definition) is 5. The summed E-state index contributed by atoms with van der Waals surface area (Å²) in [6.07, 6.45) is 3.51. The Balaban J connectivity index is 2.12. The Labute approximate surface area is 195 Å². The van der Waals surface area contributed by atoms with Gasteiger partial charge in [-0.2, -0.15) is 0 Å². The molecule has 0 radical (unpaired) electrons. The monoisotopic (exact) mass is 470 g/mol. The van der Waals surface area contributed by atoms with E-state index in [0.29, 0.717) is 21.6 Å². The molecule has 0 saturated carbocycles. The molecule has 33 heavy (non-hydrogen) atoms. The third-order valence-corrected chi connectivity index (χ3v) is 6.18. The second-order valence-corrected chi connectivity index (χ2v) is 10.3. The van der Waals surface area contributed by atoms with E-state index in [4.69, 9.17) is 9.47 Å². The Bertz CT molecular complexity index is 1200. The fraction of sp³-hybridized carbons (Fsp3) is 0.308. The number of allylic oxidation sites excluding steroid dienone is 2. The van der Waals surface area contributed by atoms with Crippen molar-refractivity contribution in [2.24, 2.45) is 5.41 Å². The third-order valence-electron chi connectivity index (χ3n) is 5.25. The second-order valence-electron chi connectivity index (χ2n) is 8.90. The number of carbonyl (C=O) groups is 2. The summed E-state index contributed by atoms with van der Waals surface area (Å²) in [6, 6.07) is 10.2. The van der Waals surface area contributed by atoms with E-state index < -0.39 is 34.0 Å². The fourth-order valence-corrected chi connectivity index (χ4v) is 4.01. The lowest BCUT2D eigenvalue weighted by atomic mass is 9.96. The lowest BCUT2D eigenvalue weighted by Gasteiger charge is -2.18. The van der Waals surface area contributed by atoms with Crippen LogP contribution in [0.25, 0.3) is 17.4 Å². The molecule has 7 heteroatoms. The van der Waals surface area contributed by atoms with E-state index in [0.717, 1.165) is 11.1 Å². The predicted molar refractivity (Wildman–Crippen MR) is 127 cm³/mol. The van der Waals surface area contributed by atoms with Gasteiger partial charge in [0.15, 0.2) is 0 Å². The topological polar surface area (TPSA) is 69.7 Å². The minimum Gasteiger partial charge on any atom is -0.460 e. The zero-order valence-corrected chi connectivity index (χ0v) is 20.4. The Kier molecular flexibility index (Phi) is 7.03. The molecule has 174 valence electrons. The van der Waals surface area contributed by atoms with Gasteiger partial charge in [0.05, 0.1) is 5.41 Å². The highest BCUT2D eigenvalue weighted by Crippen LogP contribution is 2.45. The van der Waals surface area contributed by atoms with Crippen molar-refractivity contribution < 1.29 is 27.7 Å². The number of fused-ring (bicyclic) bond motifs is 1. The van der Waals surface area contributed by atoms with Crippen molar-refractivity contribution >= 4 is 40.1 Å². The van der Waals surface area contributed by atoms with E-state index >= 15 is 0 Å². The van der Waals surface area contributed by atoms with Crippen LogP contribution in [-0.2, 0) is 36.5 Å². The molecule has 0 amide bonds. The van der Waals surface area contributed by atoms with Gasteiger partial charge < -0.3 is 9.47 Å². The van der Waals surface area contributed by atoms with Crippen LogP contribution in [0.3, 0.4) is 0 Å². The van der Waals surface area contributed by atoms with Gasteiger partial charge in [0.2, 0.25) is 0 Å².